The Balaban J connectivity index is 1.98. The molecule has 1 amide bonds. The number of nitrogens with zero attached hydrogens (tertiary/aromatic N) is 1. The Morgan fingerprint density at radius 3 is 2.48 bits per heavy atom. The van der Waals surface area contributed by atoms with Gasteiger partial charge in [-0.15, -0.1) is 0 Å². The molecule has 154 valence electrons. The van der Waals surface area contributed by atoms with Crippen molar-refractivity contribution in [2.24, 2.45) is 0 Å². The Morgan fingerprint density at radius 1 is 1.21 bits per heavy atom. The van der Waals surface area contributed by atoms with Crippen LogP contribution in [0.2, 0.25) is 0 Å². The van der Waals surface area contributed by atoms with Crippen molar-refractivity contribution in [2.45, 2.75) is 19.3 Å². The molecule has 2 heterocycles. The molecule has 8 nitrogen and oxygen atoms in total. The SMILES string of the molecule is COC(=O)c1ccc([C@@H](CC(=O)N2CCOCC2)c2oc(C)cc(=O)c2O)cc1. The highest BCUT2D eigenvalue weighted by Crippen LogP contribution is 2.33. The molecular weight excluding hydrogens is 378 g/mol. The van der Waals surface area contributed by atoms with E-state index in [1.54, 1.807) is 36.1 Å². The summed E-state index contributed by atoms with van der Waals surface area (Å²) < 4.78 is 15.6. The Labute approximate surface area is 167 Å². The molecule has 1 saturated heterocycles. The lowest BCUT2D eigenvalue weighted by atomic mass is 9.91. The maximum Gasteiger partial charge on any atom is 0.337 e. The number of hydrogen-bond acceptors (Lipinski definition) is 7. The number of rotatable bonds is 5. The van der Waals surface area contributed by atoms with E-state index in [1.807, 2.05) is 0 Å². The zero-order chi connectivity index (χ0) is 21.0. The molecule has 0 saturated carbocycles. The summed E-state index contributed by atoms with van der Waals surface area (Å²) in [6.07, 6.45) is -0.00246. The molecule has 3 rings (SSSR count). The highest BCUT2D eigenvalue weighted by molar-refractivity contribution is 5.89. The number of benzene rings is 1. The van der Waals surface area contributed by atoms with Gasteiger partial charge in [-0.2, -0.15) is 0 Å². The number of carbonyl (C=O) groups is 2. The molecule has 1 atom stereocenters. The standard InChI is InChI=1S/C21H23NO7/c1-13-11-17(23)19(25)20(29-13)16(12-18(24)22-7-9-28-10-8-22)14-3-5-15(6-4-14)21(26)27-2/h3-6,11,16,25H,7-10,12H2,1-2H3/t16-/m1/s1. The van der Waals surface area contributed by atoms with Crippen LogP contribution in [0.4, 0.5) is 0 Å². The average molecular weight is 401 g/mol. The number of hydrogen-bond donors (Lipinski definition) is 1. The molecule has 0 aliphatic carbocycles. The van der Waals surface area contributed by atoms with Crippen molar-refractivity contribution in [2.75, 3.05) is 33.4 Å². The summed E-state index contributed by atoms with van der Waals surface area (Å²) >= 11 is 0. The quantitative estimate of drug-likeness (QED) is 0.762. The highest BCUT2D eigenvalue weighted by atomic mass is 16.5. The van der Waals surface area contributed by atoms with Crippen LogP contribution in [0.1, 0.15) is 39.8 Å². The zero-order valence-corrected chi connectivity index (χ0v) is 16.3. The van der Waals surface area contributed by atoms with Gasteiger partial charge in [-0.1, -0.05) is 12.1 Å². The second-order valence-electron chi connectivity index (χ2n) is 6.80. The molecule has 1 aromatic carbocycles. The lowest BCUT2D eigenvalue weighted by molar-refractivity contribution is -0.135. The van der Waals surface area contributed by atoms with Crippen molar-refractivity contribution in [1.29, 1.82) is 0 Å². The van der Waals surface area contributed by atoms with Crippen LogP contribution in [0.15, 0.2) is 39.5 Å². The minimum absolute atomic E-state index is 0.00246. The molecule has 1 fully saturated rings. The van der Waals surface area contributed by atoms with E-state index in [4.69, 9.17) is 13.9 Å². The van der Waals surface area contributed by atoms with Gasteiger partial charge in [-0.25, -0.2) is 4.79 Å². The van der Waals surface area contributed by atoms with E-state index < -0.39 is 23.1 Å². The van der Waals surface area contributed by atoms with Crippen molar-refractivity contribution in [3.63, 3.8) is 0 Å². The van der Waals surface area contributed by atoms with Crippen LogP contribution >= 0.6 is 0 Å². The van der Waals surface area contributed by atoms with Gasteiger partial charge in [-0.3, -0.25) is 9.59 Å². The van der Waals surface area contributed by atoms with Crippen LogP contribution in [0, 0.1) is 6.92 Å². The van der Waals surface area contributed by atoms with E-state index in [-0.39, 0.29) is 18.1 Å². The maximum absolute atomic E-state index is 12.9. The van der Waals surface area contributed by atoms with Crippen LogP contribution in [0.25, 0.3) is 0 Å². The second kappa shape index (κ2) is 8.91. The molecule has 1 N–H and O–H groups in total. The number of carbonyl (C=O) groups excluding carboxylic acids is 2. The third-order valence-electron chi connectivity index (χ3n) is 4.87. The summed E-state index contributed by atoms with van der Waals surface area (Å²) in [6, 6.07) is 7.65. The fourth-order valence-electron chi connectivity index (χ4n) is 3.31. The fraction of sp³-hybridized carbons (Fsp3) is 0.381. The van der Waals surface area contributed by atoms with Crippen LogP contribution in [0.5, 0.6) is 5.75 Å². The van der Waals surface area contributed by atoms with Gasteiger partial charge < -0.3 is 23.9 Å². The first-order chi connectivity index (χ1) is 13.9. The fourth-order valence-corrected chi connectivity index (χ4v) is 3.31. The third-order valence-corrected chi connectivity index (χ3v) is 4.87. The van der Waals surface area contributed by atoms with Crippen LogP contribution in [-0.2, 0) is 14.3 Å². The normalized spacial score (nSPS) is 15.0. The number of aryl methyl sites for hydroxylation is 1. The van der Waals surface area contributed by atoms with Gasteiger partial charge in [0, 0.05) is 25.6 Å². The van der Waals surface area contributed by atoms with Crippen LogP contribution in [0.3, 0.4) is 0 Å². The van der Waals surface area contributed by atoms with Gasteiger partial charge in [0.25, 0.3) is 0 Å². The predicted molar refractivity (Wildman–Crippen MR) is 103 cm³/mol. The van der Waals surface area contributed by atoms with E-state index in [0.717, 1.165) is 0 Å². The highest BCUT2D eigenvalue weighted by Gasteiger charge is 2.28. The first-order valence-electron chi connectivity index (χ1n) is 9.28. The molecule has 1 aliphatic rings. The molecule has 1 aliphatic heterocycles. The second-order valence-corrected chi connectivity index (χ2v) is 6.80. The zero-order valence-electron chi connectivity index (χ0n) is 16.3. The Bertz CT molecular complexity index is 942. The van der Waals surface area contributed by atoms with Gasteiger partial charge in [0.2, 0.25) is 17.1 Å². The summed E-state index contributed by atoms with van der Waals surface area (Å²) in [5.41, 5.74) is 0.409. The Hall–Kier alpha value is -3.13. The summed E-state index contributed by atoms with van der Waals surface area (Å²) in [6.45, 7) is 3.50. The van der Waals surface area contributed by atoms with Gasteiger partial charge in [0.1, 0.15) is 5.76 Å². The molecule has 0 bridgehead atoms. The number of esters is 1. The topological polar surface area (TPSA) is 106 Å². The van der Waals surface area contributed by atoms with E-state index in [9.17, 15) is 19.5 Å². The van der Waals surface area contributed by atoms with E-state index in [2.05, 4.69) is 0 Å². The molecule has 8 heteroatoms. The first kappa shape index (κ1) is 20.6. The van der Waals surface area contributed by atoms with Gasteiger partial charge in [-0.05, 0) is 24.6 Å². The number of amides is 1. The van der Waals surface area contributed by atoms with Crippen molar-refractivity contribution in [3.8, 4) is 5.75 Å². The number of aromatic hydroxyl groups is 1. The molecule has 29 heavy (non-hydrogen) atoms. The minimum atomic E-state index is -0.690. The molecule has 1 aromatic heterocycles. The lowest BCUT2D eigenvalue weighted by Gasteiger charge is -2.28. The summed E-state index contributed by atoms with van der Waals surface area (Å²) in [5, 5.41) is 10.3. The first-order valence-corrected chi connectivity index (χ1v) is 9.28. The third kappa shape index (κ3) is 4.65. The van der Waals surface area contributed by atoms with Gasteiger partial charge in [0.15, 0.2) is 5.76 Å². The van der Waals surface area contributed by atoms with E-state index in [1.165, 1.54) is 13.2 Å². The van der Waals surface area contributed by atoms with E-state index in [0.29, 0.717) is 43.2 Å². The summed E-state index contributed by atoms with van der Waals surface area (Å²) in [7, 11) is 1.29. The Morgan fingerprint density at radius 2 is 1.86 bits per heavy atom. The minimum Gasteiger partial charge on any atom is -0.502 e. The summed E-state index contributed by atoms with van der Waals surface area (Å²) in [5.74, 6) is -1.47. The van der Waals surface area contributed by atoms with Crippen molar-refractivity contribution >= 4 is 11.9 Å². The molecule has 0 unspecified atom stereocenters. The Kier molecular flexibility index (Phi) is 6.33. The number of methoxy groups -OCH3 is 1. The smallest absolute Gasteiger partial charge is 0.337 e. The number of ether oxygens (including phenoxy) is 2. The van der Waals surface area contributed by atoms with Crippen molar-refractivity contribution in [1.82, 2.24) is 4.90 Å². The van der Waals surface area contributed by atoms with Crippen LogP contribution < -0.4 is 5.43 Å². The maximum atomic E-state index is 12.9. The predicted octanol–water partition coefficient (Wildman–Crippen LogP) is 1.82. The molecule has 2 aromatic rings. The monoisotopic (exact) mass is 401 g/mol. The van der Waals surface area contributed by atoms with Crippen molar-refractivity contribution in [3.05, 3.63) is 63.2 Å². The van der Waals surface area contributed by atoms with Crippen LogP contribution in [-0.4, -0.2) is 55.3 Å². The molecular formula is C21H23NO7. The van der Waals surface area contributed by atoms with Gasteiger partial charge in [0.05, 0.1) is 31.8 Å². The lowest BCUT2D eigenvalue weighted by Crippen LogP contribution is -2.41. The number of morpholine rings is 1. The average Bonchev–Trinajstić information content (AvgIpc) is 2.74. The summed E-state index contributed by atoms with van der Waals surface area (Å²) in [4.78, 5) is 38.3. The largest absolute Gasteiger partial charge is 0.502 e. The molecule has 0 radical (unpaired) electrons. The van der Waals surface area contributed by atoms with Gasteiger partial charge >= 0.3 is 5.97 Å². The van der Waals surface area contributed by atoms with Crippen molar-refractivity contribution < 1.29 is 28.6 Å². The molecule has 0 spiro atoms. The van der Waals surface area contributed by atoms with E-state index >= 15 is 0 Å².